The van der Waals surface area contributed by atoms with Crippen LogP contribution in [-0.2, 0) is 13.0 Å². The topological polar surface area (TPSA) is 68.7 Å². The largest absolute Gasteiger partial charge is 0.497 e. The molecule has 2 heterocycles. The molecule has 2 aromatic carbocycles. The van der Waals surface area contributed by atoms with Crippen LogP contribution in [0.2, 0.25) is 0 Å². The number of rotatable bonds is 6. The van der Waals surface area contributed by atoms with Gasteiger partial charge in [0, 0.05) is 25.0 Å². The molecule has 0 atom stereocenters. The Bertz CT molecular complexity index is 992. The van der Waals surface area contributed by atoms with E-state index >= 15 is 0 Å². The standard InChI is InChI=1S/C22H24N4O3/c1-27-18-6-4-17(5-7-18)24-22-23-10-8-21(25-22)26-11-9-15-12-19(28-2)20(29-3)13-16(15)14-26/h4-8,10,12-13H,9,11,14H2,1-3H3,(H,23,24,25). The summed E-state index contributed by atoms with van der Waals surface area (Å²) in [5.74, 6) is 3.77. The molecule has 7 nitrogen and oxygen atoms in total. The Morgan fingerprint density at radius 1 is 0.897 bits per heavy atom. The van der Waals surface area contributed by atoms with Gasteiger partial charge in [0.15, 0.2) is 11.5 Å². The maximum atomic E-state index is 5.46. The minimum Gasteiger partial charge on any atom is -0.497 e. The highest BCUT2D eigenvalue weighted by Gasteiger charge is 2.20. The quantitative estimate of drug-likeness (QED) is 0.684. The van der Waals surface area contributed by atoms with Gasteiger partial charge in [-0.15, -0.1) is 0 Å². The van der Waals surface area contributed by atoms with Gasteiger partial charge in [-0.05, 0) is 60.0 Å². The molecule has 0 spiro atoms. The van der Waals surface area contributed by atoms with Gasteiger partial charge in [0.1, 0.15) is 11.6 Å². The number of anilines is 3. The number of ether oxygens (including phenoxy) is 3. The maximum Gasteiger partial charge on any atom is 0.229 e. The van der Waals surface area contributed by atoms with Crippen molar-refractivity contribution in [3.8, 4) is 17.2 Å². The lowest BCUT2D eigenvalue weighted by Crippen LogP contribution is -2.31. The van der Waals surface area contributed by atoms with Crippen LogP contribution in [0.5, 0.6) is 17.2 Å². The SMILES string of the molecule is COc1ccc(Nc2nccc(N3CCc4cc(OC)c(OC)cc4C3)n2)cc1. The highest BCUT2D eigenvalue weighted by molar-refractivity contribution is 5.57. The monoisotopic (exact) mass is 392 g/mol. The van der Waals surface area contributed by atoms with Crippen molar-refractivity contribution >= 4 is 17.5 Å². The minimum absolute atomic E-state index is 0.561. The summed E-state index contributed by atoms with van der Waals surface area (Å²) < 4.78 is 16.1. The average Bonchev–Trinajstić information content (AvgIpc) is 2.78. The summed E-state index contributed by atoms with van der Waals surface area (Å²) >= 11 is 0. The van der Waals surface area contributed by atoms with Crippen molar-refractivity contribution in [3.63, 3.8) is 0 Å². The third kappa shape index (κ3) is 4.03. The predicted molar refractivity (Wildman–Crippen MR) is 113 cm³/mol. The smallest absolute Gasteiger partial charge is 0.229 e. The molecule has 0 saturated carbocycles. The minimum atomic E-state index is 0.561. The summed E-state index contributed by atoms with van der Waals surface area (Å²) in [5.41, 5.74) is 3.41. The molecule has 0 unspecified atom stereocenters. The highest BCUT2D eigenvalue weighted by Crippen LogP contribution is 2.34. The van der Waals surface area contributed by atoms with Crippen LogP contribution in [0, 0.1) is 0 Å². The zero-order chi connectivity index (χ0) is 20.2. The van der Waals surface area contributed by atoms with Crippen molar-refractivity contribution in [1.82, 2.24) is 9.97 Å². The molecule has 150 valence electrons. The molecule has 1 aromatic heterocycles. The van der Waals surface area contributed by atoms with Gasteiger partial charge < -0.3 is 24.4 Å². The fraction of sp³-hybridized carbons (Fsp3) is 0.273. The van der Waals surface area contributed by atoms with Crippen molar-refractivity contribution in [2.45, 2.75) is 13.0 Å². The summed E-state index contributed by atoms with van der Waals surface area (Å²) in [7, 11) is 4.97. The number of methoxy groups -OCH3 is 3. The van der Waals surface area contributed by atoms with E-state index in [1.165, 1.54) is 11.1 Å². The Kier molecular flexibility index (Phi) is 5.37. The zero-order valence-corrected chi connectivity index (χ0v) is 16.8. The number of nitrogens with one attached hydrogen (secondary N) is 1. The van der Waals surface area contributed by atoms with E-state index in [9.17, 15) is 0 Å². The molecule has 0 amide bonds. The van der Waals surface area contributed by atoms with Crippen LogP contribution in [0.25, 0.3) is 0 Å². The number of fused-ring (bicyclic) bond motifs is 1. The first-order valence-electron chi connectivity index (χ1n) is 9.43. The summed E-state index contributed by atoms with van der Waals surface area (Å²) in [5, 5.41) is 3.25. The van der Waals surface area contributed by atoms with Crippen LogP contribution in [0.1, 0.15) is 11.1 Å². The van der Waals surface area contributed by atoms with E-state index in [1.807, 2.05) is 30.3 Å². The second kappa shape index (κ2) is 8.26. The molecule has 0 bridgehead atoms. The third-order valence-electron chi connectivity index (χ3n) is 5.03. The number of nitrogens with zero attached hydrogens (tertiary/aromatic N) is 3. The first kappa shape index (κ1) is 18.9. The average molecular weight is 392 g/mol. The van der Waals surface area contributed by atoms with Crippen LogP contribution in [0.4, 0.5) is 17.5 Å². The number of aromatic nitrogens is 2. The van der Waals surface area contributed by atoms with Crippen LogP contribution >= 0.6 is 0 Å². The number of hydrogen-bond donors (Lipinski definition) is 1. The molecular weight excluding hydrogens is 368 g/mol. The van der Waals surface area contributed by atoms with E-state index in [-0.39, 0.29) is 0 Å². The Morgan fingerprint density at radius 3 is 2.31 bits per heavy atom. The second-order valence-corrected chi connectivity index (χ2v) is 6.74. The van der Waals surface area contributed by atoms with Crippen LogP contribution in [0.15, 0.2) is 48.7 Å². The van der Waals surface area contributed by atoms with E-state index in [4.69, 9.17) is 19.2 Å². The zero-order valence-electron chi connectivity index (χ0n) is 16.8. The van der Waals surface area contributed by atoms with Gasteiger partial charge in [0.05, 0.1) is 21.3 Å². The van der Waals surface area contributed by atoms with Crippen molar-refractivity contribution < 1.29 is 14.2 Å². The maximum absolute atomic E-state index is 5.46. The molecule has 7 heteroatoms. The van der Waals surface area contributed by atoms with E-state index in [2.05, 4.69) is 27.3 Å². The summed E-state index contributed by atoms with van der Waals surface area (Å²) in [6.07, 6.45) is 2.69. The fourth-order valence-electron chi connectivity index (χ4n) is 3.47. The Morgan fingerprint density at radius 2 is 1.62 bits per heavy atom. The lowest BCUT2D eigenvalue weighted by molar-refractivity contribution is 0.353. The van der Waals surface area contributed by atoms with E-state index in [0.717, 1.165) is 48.3 Å². The van der Waals surface area contributed by atoms with Gasteiger partial charge in [-0.25, -0.2) is 4.98 Å². The third-order valence-corrected chi connectivity index (χ3v) is 5.03. The molecule has 4 rings (SSSR count). The van der Waals surface area contributed by atoms with Gasteiger partial charge in [0.2, 0.25) is 5.95 Å². The predicted octanol–water partition coefficient (Wildman–Crippen LogP) is 3.81. The van der Waals surface area contributed by atoms with Crippen LogP contribution in [0.3, 0.4) is 0 Å². The Hall–Kier alpha value is -3.48. The molecule has 0 fully saturated rings. The molecular formula is C22H24N4O3. The van der Waals surface area contributed by atoms with E-state index < -0.39 is 0 Å². The van der Waals surface area contributed by atoms with Crippen LogP contribution in [-0.4, -0.2) is 37.8 Å². The lowest BCUT2D eigenvalue weighted by atomic mass is 9.99. The summed E-state index contributed by atoms with van der Waals surface area (Å²) in [6, 6.07) is 13.7. The van der Waals surface area contributed by atoms with Gasteiger partial charge in [-0.1, -0.05) is 0 Å². The fourth-order valence-corrected chi connectivity index (χ4v) is 3.47. The van der Waals surface area contributed by atoms with E-state index in [1.54, 1.807) is 27.5 Å². The van der Waals surface area contributed by atoms with Crippen molar-refractivity contribution in [3.05, 3.63) is 59.8 Å². The second-order valence-electron chi connectivity index (χ2n) is 6.74. The van der Waals surface area contributed by atoms with Gasteiger partial charge in [-0.3, -0.25) is 0 Å². The van der Waals surface area contributed by atoms with E-state index in [0.29, 0.717) is 5.95 Å². The Labute approximate surface area is 170 Å². The molecule has 1 aliphatic heterocycles. The van der Waals surface area contributed by atoms with Gasteiger partial charge in [-0.2, -0.15) is 4.98 Å². The van der Waals surface area contributed by atoms with Crippen molar-refractivity contribution in [2.75, 3.05) is 38.1 Å². The number of hydrogen-bond acceptors (Lipinski definition) is 7. The first-order chi connectivity index (χ1) is 14.2. The molecule has 0 aliphatic carbocycles. The van der Waals surface area contributed by atoms with Gasteiger partial charge >= 0.3 is 0 Å². The number of benzene rings is 2. The highest BCUT2D eigenvalue weighted by atomic mass is 16.5. The normalized spacial score (nSPS) is 12.9. The van der Waals surface area contributed by atoms with Crippen molar-refractivity contribution in [1.29, 1.82) is 0 Å². The first-order valence-corrected chi connectivity index (χ1v) is 9.43. The molecule has 1 N–H and O–H groups in total. The summed E-state index contributed by atoms with van der Waals surface area (Å²) in [4.78, 5) is 11.3. The molecule has 1 aliphatic rings. The Balaban J connectivity index is 1.53. The van der Waals surface area contributed by atoms with Gasteiger partial charge in [0.25, 0.3) is 0 Å². The molecule has 0 saturated heterocycles. The van der Waals surface area contributed by atoms with Crippen molar-refractivity contribution in [2.24, 2.45) is 0 Å². The summed E-state index contributed by atoms with van der Waals surface area (Å²) in [6.45, 7) is 1.64. The van der Waals surface area contributed by atoms with Crippen LogP contribution < -0.4 is 24.4 Å². The molecule has 0 radical (unpaired) electrons. The lowest BCUT2D eigenvalue weighted by Gasteiger charge is -2.30. The molecule has 3 aromatic rings. The molecule has 29 heavy (non-hydrogen) atoms.